The third kappa shape index (κ3) is 1.96. The molecule has 1 heterocycles. The number of hydrogen-bond acceptors (Lipinski definition) is 1. The molecule has 0 aliphatic carbocycles. The fourth-order valence-electron chi connectivity index (χ4n) is 1.43. The fraction of sp³-hybridized carbons (Fsp3) is 1.00. The van der Waals surface area contributed by atoms with Crippen molar-refractivity contribution in [3.8, 4) is 0 Å². The Morgan fingerprint density at radius 2 is 2.40 bits per heavy atom. The van der Waals surface area contributed by atoms with Gasteiger partial charge in [-0.15, -0.1) is 0 Å². The lowest BCUT2D eigenvalue weighted by molar-refractivity contribution is 0.172. The van der Waals surface area contributed by atoms with E-state index in [-0.39, 0.29) is 0 Å². The summed E-state index contributed by atoms with van der Waals surface area (Å²) in [5, 5.41) is 4.35. The Morgan fingerprint density at radius 1 is 1.60 bits per heavy atom. The van der Waals surface area contributed by atoms with Gasteiger partial charge in [0.05, 0.1) is 0 Å². The third-order valence-electron chi connectivity index (χ3n) is 2.07. The zero-order valence-electron chi connectivity index (χ0n) is 7.01. The SMILES string of the molecule is CCCN1CC[N]CC1C. The molecule has 0 amide bonds. The summed E-state index contributed by atoms with van der Waals surface area (Å²) in [4.78, 5) is 2.52. The van der Waals surface area contributed by atoms with Crippen LogP contribution >= 0.6 is 0 Å². The molecule has 0 spiro atoms. The lowest BCUT2D eigenvalue weighted by atomic mass is 10.2. The van der Waals surface area contributed by atoms with Crippen molar-refractivity contribution in [3.05, 3.63) is 0 Å². The van der Waals surface area contributed by atoms with Gasteiger partial charge in [0, 0.05) is 25.7 Å². The minimum Gasteiger partial charge on any atom is -0.298 e. The first kappa shape index (κ1) is 8.02. The second-order valence-electron chi connectivity index (χ2n) is 3.01. The van der Waals surface area contributed by atoms with E-state index in [0.717, 1.165) is 13.1 Å². The average molecular weight is 141 g/mol. The second-order valence-corrected chi connectivity index (χ2v) is 3.01. The molecule has 0 saturated carbocycles. The molecule has 1 fully saturated rings. The van der Waals surface area contributed by atoms with Crippen LogP contribution in [0.15, 0.2) is 0 Å². The van der Waals surface area contributed by atoms with Crippen LogP contribution < -0.4 is 5.32 Å². The summed E-state index contributed by atoms with van der Waals surface area (Å²) in [6.45, 7) is 9.01. The van der Waals surface area contributed by atoms with Gasteiger partial charge in [0.25, 0.3) is 0 Å². The molecule has 1 atom stereocenters. The van der Waals surface area contributed by atoms with Gasteiger partial charge in [-0.1, -0.05) is 6.92 Å². The van der Waals surface area contributed by atoms with Crippen LogP contribution in [0.25, 0.3) is 0 Å². The van der Waals surface area contributed by atoms with E-state index < -0.39 is 0 Å². The molecular weight excluding hydrogens is 124 g/mol. The second kappa shape index (κ2) is 3.94. The Kier molecular flexibility index (Phi) is 3.16. The molecule has 1 unspecified atom stereocenters. The van der Waals surface area contributed by atoms with Crippen molar-refractivity contribution in [2.45, 2.75) is 26.3 Å². The molecule has 1 aliphatic rings. The lowest BCUT2D eigenvalue weighted by Gasteiger charge is -2.32. The molecule has 1 radical (unpaired) electrons. The normalized spacial score (nSPS) is 28.8. The summed E-state index contributed by atoms with van der Waals surface area (Å²) in [6.07, 6.45) is 1.27. The smallest absolute Gasteiger partial charge is 0.0287 e. The van der Waals surface area contributed by atoms with Gasteiger partial charge in [-0.05, 0) is 19.9 Å². The molecule has 2 heteroatoms. The van der Waals surface area contributed by atoms with Gasteiger partial charge < -0.3 is 0 Å². The first-order chi connectivity index (χ1) is 4.84. The lowest BCUT2D eigenvalue weighted by Crippen LogP contribution is -2.47. The molecule has 1 aliphatic heterocycles. The Bertz CT molecular complexity index is 91.3. The van der Waals surface area contributed by atoms with E-state index in [0.29, 0.717) is 6.04 Å². The van der Waals surface area contributed by atoms with Crippen molar-refractivity contribution in [2.24, 2.45) is 0 Å². The van der Waals surface area contributed by atoms with E-state index in [2.05, 4.69) is 24.1 Å². The van der Waals surface area contributed by atoms with Crippen LogP contribution in [0.2, 0.25) is 0 Å². The minimum absolute atomic E-state index is 0.689. The van der Waals surface area contributed by atoms with Crippen LogP contribution in [0.4, 0.5) is 0 Å². The molecule has 0 N–H and O–H groups in total. The van der Waals surface area contributed by atoms with Gasteiger partial charge in [0.1, 0.15) is 0 Å². The molecule has 10 heavy (non-hydrogen) atoms. The summed E-state index contributed by atoms with van der Waals surface area (Å²) in [6, 6.07) is 0.689. The zero-order chi connectivity index (χ0) is 7.40. The highest BCUT2D eigenvalue weighted by molar-refractivity contribution is 4.74. The van der Waals surface area contributed by atoms with Gasteiger partial charge >= 0.3 is 0 Å². The summed E-state index contributed by atoms with van der Waals surface area (Å²) in [7, 11) is 0. The van der Waals surface area contributed by atoms with Crippen molar-refractivity contribution in [3.63, 3.8) is 0 Å². The highest BCUT2D eigenvalue weighted by Gasteiger charge is 2.16. The van der Waals surface area contributed by atoms with Gasteiger partial charge in [-0.3, -0.25) is 4.90 Å². The van der Waals surface area contributed by atoms with Crippen molar-refractivity contribution in [1.82, 2.24) is 10.2 Å². The molecule has 2 nitrogen and oxygen atoms in total. The van der Waals surface area contributed by atoms with Crippen LogP contribution in [0.1, 0.15) is 20.3 Å². The number of rotatable bonds is 2. The zero-order valence-corrected chi connectivity index (χ0v) is 7.01. The third-order valence-corrected chi connectivity index (χ3v) is 2.07. The van der Waals surface area contributed by atoms with Gasteiger partial charge in [-0.25, -0.2) is 5.32 Å². The predicted octanol–water partition coefficient (Wildman–Crippen LogP) is 0.705. The minimum atomic E-state index is 0.689. The van der Waals surface area contributed by atoms with Crippen LogP contribution in [-0.2, 0) is 0 Å². The van der Waals surface area contributed by atoms with E-state index in [1.807, 2.05) is 0 Å². The molecule has 59 valence electrons. The highest BCUT2D eigenvalue weighted by Crippen LogP contribution is 2.02. The Hall–Kier alpha value is -0.0800. The molecule has 0 bridgehead atoms. The van der Waals surface area contributed by atoms with Crippen molar-refractivity contribution >= 4 is 0 Å². The first-order valence-electron chi connectivity index (χ1n) is 4.22. The molecular formula is C8H17N2. The highest BCUT2D eigenvalue weighted by atomic mass is 15.2. The predicted molar refractivity (Wildman–Crippen MR) is 43.2 cm³/mol. The van der Waals surface area contributed by atoms with Crippen LogP contribution in [-0.4, -0.2) is 37.1 Å². The molecule has 0 aromatic carbocycles. The first-order valence-corrected chi connectivity index (χ1v) is 4.22. The quantitative estimate of drug-likeness (QED) is 0.553. The van der Waals surface area contributed by atoms with Gasteiger partial charge in [0.2, 0.25) is 0 Å². The van der Waals surface area contributed by atoms with Gasteiger partial charge in [-0.2, -0.15) is 0 Å². The molecule has 1 rings (SSSR count). The standard InChI is InChI=1S/C8H17N2/c1-3-5-10-6-4-9-7-8(10)2/h8H,3-7H2,1-2H3. The topological polar surface area (TPSA) is 17.3 Å². The Balaban J connectivity index is 2.25. The fourth-order valence-corrected chi connectivity index (χ4v) is 1.43. The number of hydrogen-bond donors (Lipinski definition) is 0. The monoisotopic (exact) mass is 141 g/mol. The van der Waals surface area contributed by atoms with Crippen molar-refractivity contribution in [1.29, 1.82) is 0 Å². The summed E-state index contributed by atoms with van der Waals surface area (Å²) >= 11 is 0. The van der Waals surface area contributed by atoms with Crippen LogP contribution in [0.3, 0.4) is 0 Å². The van der Waals surface area contributed by atoms with E-state index >= 15 is 0 Å². The summed E-state index contributed by atoms with van der Waals surface area (Å²) in [5.41, 5.74) is 0. The maximum atomic E-state index is 4.35. The van der Waals surface area contributed by atoms with E-state index in [9.17, 15) is 0 Å². The number of piperazine rings is 1. The summed E-state index contributed by atoms with van der Waals surface area (Å²) < 4.78 is 0. The molecule has 1 saturated heterocycles. The van der Waals surface area contributed by atoms with Crippen LogP contribution in [0, 0.1) is 0 Å². The van der Waals surface area contributed by atoms with Crippen LogP contribution in [0.5, 0.6) is 0 Å². The molecule has 0 aromatic heterocycles. The maximum Gasteiger partial charge on any atom is 0.0287 e. The Morgan fingerprint density at radius 3 is 3.00 bits per heavy atom. The van der Waals surface area contributed by atoms with Crippen molar-refractivity contribution < 1.29 is 0 Å². The maximum absolute atomic E-state index is 4.35. The number of nitrogens with zero attached hydrogens (tertiary/aromatic N) is 2. The summed E-state index contributed by atoms with van der Waals surface area (Å²) in [5.74, 6) is 0. The van der Waals surface area contributed by atoms with Crippen molar-refractivity contribution in [2.75, 3.05) is 26.2 Å². The van der Waals surface area contributed by atoms with E-state index in [4.69, 9.17) is 0 Å². The largest absolute Gasteiger partial charge is 0.298 e. The average Bonchev–Trinajstić information content (AvgIpc) is 1.94. The van der Waals surface area contributed by atoms with Gasteiger partial charge in [0.15, 0.2) is 0 Å². The van der Waals surface area contributed by atoms with E-state index in [1.54, 1.807) is 0 Å². The Labute approximate surface area is 63.6 Å². The van der Waals surface area contributed by atoms with E-state index in [1.165, 1.54) is 19.5 Å². The molecule has 0 aromatic rings.